The Kier molecular flexibility index (Phi) is 4.42. The number of carbonyl (C=O) groups is 1. The number of carbonyl (C=O) groups excluding carboxylic acids is 1. The number of hydrogen-bond acceptors (Lipinski definition) is 5. The molecule has 1 fully saturated rings. The first-order valence-corrected chi connectivity index (χ1v) is 10.4. The van der Waals surface area contributed by atoms with Crippen molar-refractivity contribution in [2.75, 3.05) is 14.2 Å². The minimum absolute atomic E-state index is 0.0588. The number of fused-ring (bicyclic) bond motifs is 1. The van der Waals surface area contributed by atoms with Crippen LogP contribution in [0.15, 0.2) is 53.6 Å². The van der Waals surface area contributed by atoms with Gasteiger partial charge in [-0.2, -0.15) is 0 Å². The van der Waals surface area contributed by atoms with Crippen LogP contribution in [-0.2, 0) is 19.6 Å². The number of rotatable bonds is 5. The maximum atomic E-state index is 13.3. The lowest BCUT2D eigenvalue weighted by Gasteiger charge is -2.08. The van der Waals surface area contributed by atoms with Crippen LogP contribution in [0.3, 0.4) is 0 Å². The van der Waals surface area contributed by atoms with E-state index >= 15 is 0 Å². The first-order valence-electron chi connectivity index (χ1n) is 8.96. The van der Waals surface area contributed by atoms with E-state index in [1.165, 1.54) is 11.1 Å². The molecular formula is C21H21NO5S. The largest absolute Gasteiger partial charge is 0.497 e. The molecule has 0 aliphatic heterocycles. The third-order valence-corrected chi connectivity index (χ3v) is 6.97. The van der Waals surface area contributed by atoms with Gasteiger partial charge >= 0.3 is 5.97 Å². The molecule has 0 unspecified atom stereocenters. The maximum absolute atomic E-state index is 13.3. The van der Waals surface area contributed by atoms with E-state index in [2.05, 4.69) is 0 Å². The van der Waals surface area contributed by atoms with Gasteiger partial charge in [-0.3, -0.25) is 4.79 Å². The first-order chi connectivity index (χ1) is 13.4. The van der Waals surface area contributed by atoms with E-state index in [1.807, 2.05) is 13.0 Å². The molecule has 1 aromatic heterocycles. The zero-order valence-electron chi connectivity index (χ0n) is 15.9. The van der Waals surface area contributed by atoms with E-state index in [0.717, 1.165) is 16.5 Å². The van der Waals surface area contributed by atoms with E-state index in [4.69, 9.17) is 9.47 Å². The molecule has 0 N–H and O–H groups in total. The van der Waals surface area contributed by atoms with E-state index in [1.54, 1.807) is 49.7 Å². The van der Waals surface area contributed by atoms with Gasteiger partial charge in [-0.1, -0.05) is 17.7 Å². The highest BCUT2D eigenvalue weighted by Gasteiger charge is 2.46. The van der Waals surface area contributed by atoms with Crippen molar-refractivity contribution in [2.24, 2.45) is 5.92 Å². The molecule has 1 heterocycles. The zero-order valence-corrected chi connectivity index (χ0v) is 16.7. The normalized spacial score (nSPS) is 18.8. The van der Waals surface area contributed by atoms with E-state index in [9.17, 15) is 13.2 Å². The number of aromatic nitrogens is 1. The zero-order chi connectivity index (χ0) is 20.1. The summed E-state index contributed by atoms with van der Waals surface area (Å²) >= 11 is 0. The minimum atomic E-state index is -3.77. The van der Waals surface area contributed by atoms with Crippen LogP contribution >= 0.6 is 0 Å². The monoisotopic (exact) mass is 399 g/mol. The number of ether oxygens (including phenoxy) is 2. The van der Waals surface area contributed by atoms with Crippen LogP contribution in [-0.4, -0.2) is 32.6 Å². The van der Waals surface area contributed by atoms with Crippen molar-refractivity contribution < 1.29 is 22.7 Å². The van der Waals surface area contributed by atoms with E-state index < -0.39 is 10.0 Å². The van der Waals surface area contributed by atoms with Crippen LogP contribution in [0.25, 0.3) is 10.9 Å². The molecule has 0 saturated heterocycles. The fraction of sp³-hybridized carbons (Fsp3) is 0.286. The van der Waals surface area contributed by atoms with Crippen LogP contribution < -0.4 is 4.74 Å². The fourth-order valence-electron chi connectivity index (χ4n) is 3.60. The van der Waals surface area contributed by atoms with Crippen molar-refractivity contribution in [3.05, 3.63) is 59.8 Å². The predicted octanol–water partition coefficient (Wildman–Crippen LogP) is 3.47. The Morgan fingerprint density at radius 1 is 1.11 bits per heavy atom. The van der Waals surface area contributed by atoms with Crippen LogP contribution in [0, 0.1) is 12.8 Å². The molecule has 2 aromatic carbocycles. The number of benzene rings is 2. The highest BCUT2D eigenvalue weighted by molar-refractivity contribution is 7.90. The Labute approximate surface area is 163 Å². The van der Waals surface area contributed by atoms with Crippen LogP contribution in [0.1, 0.15) is 23.5 Å². The molecule has 0 amide bonds. The molecule has 1 saturated carbocycles. The van der Waals surface area contributed by atoms with Crippen molar-refractivity contribution in [3.8, 4) is 5.75 Å². The summed E-state index contributed by atoms with van der Waals surface area (Å²) in [4.78, 5) is 12.1. The lowest BCUT2D eigenvalue weighted by molar-refractivity contribution is -0.142. The smallest absolute Gasteiger partial charge is 0.309 e. The van der Waals surface area contributed by atoms with E-state index in [-0.39, 0.29) is 22.7 Å². The second-order valence-electron chi connectivity index (χ2n) is 7.05. The first kappa shape index (κ1) is 18.6. The third-order valence-electron chi connectivity index (χ3n) is 5.28. The van der Waals surface area contributed by atoms with Gasteiger partial charge in [-0.15, -0.1) is 0 Å². The van der Waals surface area contributed by atoms with Gasteiger partial charge in [-0.25, -0.2) is 12.4 Å². The highest BCUT2D eigenvalue weighted by Crippen LogP contribution is 2.51. The molecule has 28 heavy (non-hydrogen) atoms. The summed E-state index contributed by atoms with van der Waals surface area (Å²) in [7, 11) is -0.839. The Hall–Kier alpha value is -2.80. The molecule has 0 spiro atoms. The molecule has 7 heteroatoms. The average Bonchev–Trinajstić information content (AvgIpc) is 3.40. The summed E-state index contributed by atoms with van der Waals surface area (Å²) in [6.07, 6.45) is 2.28. The molecule has 1 aliphatic rings. The molecule has 3 aromatic rings. The molecule has 2 atom stereocenters. The number of esters is 1. The second-order valence-corrected chi connectivity index (χ2v) is 8.87. The Morgan fingerprint density at radius 2 is 1.82 bits per heavy atom. The summed E-state index contributed by atoms with van der Waals surface area (Å²) in [5.41, 5.74) is 2.37. The quantitative estimate of drug-likeness (QED) is 0.614. The predicted molar refractivity (Wildman–Crippen MR) is 105 cm³/mol. The van der Waals surface area contributed by atoms with Gasteiger partial charge in [0.2, 0.25) is 0 Å². The molecule has 6 nitrogen and oxygen atoms in total. The van der Waals surface area contributed by atoms with Crippen LogP contribution in [0.2, 0.25) is 0 Å². The summed E-state index contributed by atoms with van der Waals surface area (Å²) in [6, 6.07) is 12.0. The van der Waals surface area contributed by atoms with Gasteiger partial charge in [0.1, 0.15) is 5.75 Å². The second kappa shape index (κ2) is 6.67. The molecule has 0 bridgehead atoms. The van der Waals surface area contributed by atoms with Gasteiger partial charge < -0.3 is 9.47 Å². The number of aryl methyl sites for hydroxylation is 1. The van der Waals surface area contributed by atoms with Crippen molar-refractivity contribution in [1.29, 1.82) is 0 Å². The van der Waals surface area contributed by atoms with Gasteiger partial charge in [0.25, 0.3) is 10.0 Å². The number of methoxy groups -OCH3 is 2. The van der Waals surface area contributed by atoms with Gasteiger partial charge in [-0.05, 0) is 49.2 Å². The Balaban J connectivity index is 1.88. The van der Waals surface area contributed by atoms with Crippen molar-refractivity contribution in [3.63, 3.8) is 0 Å². The fourth-order valence-corrected chi connectivity index (χ4v) is 4.98. The van der Waals surface area contributed by atoms with Gasteiger partial charge in [0.15, 0.2) is 0 Å². The Morgan fingerprint density at radius 3 is 2.46 bits per heavy atom. The van der Waals surface area contributed by atoms with Gasteiger partial charge in [0.05, 0.1) is 30.5 Å². The standard InChI is InChI=1S/C21H21NO5S/c1-13-4-7-15(8-5-13)28(24,25)22-12-19(16-11-18(16)21(23)27-3)17-10-14(26-2)6-9-20(17)22/h4-10,12,16,18H,11H2,1-3H3/t16-,18-/m0/s1. The Bertz CT molecular complexity index is 1160. The summed E-state index contributed by atoms with van der Waals surface area (Å²) in [5.74, 6) is 0.0681. The van der Waals surface area contributed by atoms with Gasteiger partial charge in [0, 0.05) is 17.5 Å². The third kappa shape index (κ3) is 2.96. The lowest BCUT2D eigenvalue weighted by Crippen LogP contribution is -2.11. The van der Waals surface area contributed by atoms with Crippen LogP contribution in [0.4, 0.5) is 0 Å². The molecule has 0 radical (unpaired) electrons. The SMILES string of the molecule is COC(=O)[C@H]1C[C@@H]1c1cn(S(=O)(=O)c2ccc(C)cc2)c2ccc(OC)cc12. The molecule has 146 valence electrons. The molecular weight excluding hydrogens is 378 g/mol. The van der Waals surface area contributed by atoms with Crippen molar-refractivity contribution in [2.45, 2.75) is 24.2 Å². The molecule has 1 aliphatic carbocycles. The lowest BCUT2D eigenvalue weighted by atomic mass is 10.1. The van der Waals surface area contributed by atoms with Crippen molar-refractivity contribution in [1.82, 2.24) is 3.97 Å². The topological polar surface area (TPSA) is 74.6 Å². The van der Waals surface area contributed by atoms with Crippen molar-refractivity contribution >= 4 is 26.9 Å². The van der Waals surface area contributed by atoms with Crippen LogP contribution in [0.5, 0.6) is 5.75 Å². The minimum Gasteiger partial charge on any atom is -0.497 e. The maximum Gasteiger partial charge on any atom is 0.309 e. The average molecular weight is 399 g/mol. The summed E-state index contributed by atoms with van der Waals surface area (Å²) in [6.45, 7) is 1.91. The number of hydrogen-bond donors (Lipinski definition) is 0. The molecule has 4 rings (SSSR count). The number of nitrogens with zero attached hydrogens (tertiary/aromatic N) is 1. The summed E-state index contributed by atoms with van der Waals surface area (Å²) in [5, 5.41) is 0.770. The highest BCUT2D eigenvalue weighted by atomic mass is 32.2. The van der Waals surface area contributed by atoms with E-state index in [0.29, 0.717) is 17.7 Å². The summed E-state index contributed by atoms with van der Waals surface area (Å²) < 4.78 is 38.0.